The van der Waals surface area contributed by atoms with E-state index in [4.69, 9.17) is 9.26 Å². The molecule has 0 radical (unpaired) electrons. The van der Waals surface area contributed by atoms with Gasteiger partial charge in [0.15, 0.2) is 17.3 Å². The van der Waals surface area contributed by atoms with Crippen molar-refractivity contribution in [1.29, 1.82) is 0 Å². The zero-order chi connectivity index (χ0) is 22.8. The number of fused-ring (bicyclic) bond motifs is 1. The third kappa shape index (κ3) is 4.26. The summed E-state index contributed by atoms with van der Waals surface area (Å²) in [6.45, 7) is 6.27. The Morgan fingerprint density at radius 1 is 1.38 bits per heavy atom. The first-order chi connectivity index (χ1) is 15.4. The molecule has 0 spiro atoms. The largest absolute Gasteiger partial charge is 0.494 e. The van der Waals surface area contributed by atoms with Crippen LogP contribution in [-0.4, -0.2) is 28.0 Å². The van der Waals surface area contributed by atoms with E-state index in [1.165, 1.54) is 13.2 Å². The standard InChI is InChI=1S/C24H29FN4O3/c1-5-6-16-7-9-20-18(11-16)23(28-32-20)24(30)26-22-14(2)27-29(15(22)3)13-17-8-10-21(31-4)19(25)12-17/h8,10,12,16H,5-7,9,11,13H2,1-4H3,(H,26,30). The molecule has 2 aromatic heterocycles. The average Bonchev–Trinajstić information content (AvgIpc) is 3.30. The summed E-state index contributed by atoms with van der Waals surface area (Å²) in [5.74, 6) is 0.889. The summed E-state index contributed by atoms with van der Waals surface area (Å²) in [6.07, 6.45) is 5.00. The van der Waals surface area contributed by atoms with Crippen molar-refractivity contribution in [1.82, 2.24) is 14.9 Å². The molecule has 32 heavy (non-hydrogen) atoms. The maximum Gasteiger partial charge on any atom is 0.278 e. The Morgan fingerprint density at radius 2 is 2.19 bits per heavy atom. The van der Waals surface area contributed by atoms with Crippen LogP contribution < -0.4 is 10.1 Å². The number of aromatic nitrogens is 3. The highest BCUT2D eigenvalue weighted by Crippen LogP contribution is 2.31. The van der Waals surface area contributed by atoms with Crippen LogP contribution in [0.4, 0.5) is 10.1 Å². The lowest BCUT2D eigenvalue weighted by atomic mass is 9.84. The highest BCUT2D eigenvalue weighted by Gasteiger charge is 2.29. The van der Waals surface area contributed by atoms with Gasteiger partial charge in [0.1, 0.15) is 5.76 Å². The summed E-state index contributed by atoms with van der Waals surface area (Å²) in [5.41, 5.74) is 4.16. The van der Waals surface area contributed by atoms with Crippen LogP contribution in [0.15, 0.2) is 22.7 Å². The molecular formula is C24H29FN4O3. The van der Waals surface area contributed by atoms with Gasteiger partial charge < -0.3 is 14.6 Å². The van der Waals surface area contributed by atoms with Crippen LogP contribution in [0, 0.1) is 25.6 Å². The number of nitrogens with one attached hydrogen (secondary N) is 1. The van der Waals surface area contributed by atoms with Crippen molar-refractivity contribution < 1.29 is 18.4 Å². The van der Waals surface area contributed by atoms with Crippen LogP contribution in [-0.2, 0) is 19.4 Å². The van der Waals surface area contributed by atoms with E-state index in [-0.39, 0.29) is 11.7 Å². The summed E-state index contributed by atoms with van der Waals surface area (Å²) < 4.78 is 26.3. The van der Waals surface area contributed by atoms with Crippen LogP contribution >= 0.6 is 0 Å². The van der Waals surface area contributed by atoms with E-state index in [0.29, 0.717) is 29.5 Å². The monoisotopic (exact) mass is 440 g/mol. The van der Waals surface area contributed by atoms with E-state index < -0.39 is 5.82 Å². The molecule has 8 heteroatoms. The Balaban J connectivity index is 1.52. The number of benzene rings is 1. The first kappa shape index (κ1) is 22.0. The Labute approximate surface area is 186 Å². The number of carbonyl (C=O) groups excluding carboxylic acids is 1. The minimum Gasteiger partial charge on any atom is -0.494 e. The van der Waals surface area contributed by atoms with Gasteiger partial charge in [0.25, 0.3) is 5.91 Å². The maximum absolute atomic E-state index is 14.1. The molecule has 7 nitrogen and oxygen atoms in total. The maximum atomic E-state index is 14.1. The summed E-state index contributed by atoms with van der Waals surface area (Å²) in [5, 5.41) is 11.6. The SMILES string of the molecule is CCCC1CCc2onc(C(=O)Nc3c(C)nn(Cc4ccc(OC)c(F)c4)c3C)c2C1. The second-order valence-corrected chi connectivity index (χ2v) is 8.46. The number of rotatable bonds is 7. The number of ether oxygens (including phenoxy) is 1. The molecule has 1 aromatic carbocycles. The zero-order valence-corrected chi connectivity index (χ0v) is 19.0. The molecule has 0 saturated heterocycles. The molecule has 1 N–H and O–H groups in total. The van der Waals surface area contributed by atoms with Crippen molar-refractivity contribution in [2.75, 3.05) is 12.4 Å². The van der Waals surface area contributed by atoms with Crippen molar-refractivity contribution in [3.05, 3.63) is 58.0 Å². The number of carbonyl (C=O) groups is 1. The number of halogens is 1. The van der Waals surface area contributed by atoms with Crippen molar-refractivity contribution in [2.45, 2.75) is 59.4 Å². The van der Waals surface area contributed by atoms with Crippen molar-refractivity contribution in [3.63, 3.8) is 0 Å². The van der Waals surface area contributed by atoms with Gasteiger partial charge in [0.2, 0.25) is 0 Å². The van der Waals surface area contributed by atoms with Gasteiger partial charge in [0.05, 0.1) is 30.7 Å². The normalized spacial score (nSPS) is 15.5. The molecule has 1 atom stereocenters. The van der Waals surface area contributed by atoms with Gasteiger partial charge in [-0.1, -0.05) is 31.0 Å². The lowest BCUT2D eigenvalue weighted by Crippen LogP contribution is -2.19. The molecule has 4 rings (SSSR count). The van der Waals surface area contributed by atoms with Crippen molar-refractivity contribution in [3.8, 4) is 5.75 Å². The lowest BCUT2D eigenvalue weighted by molar-refractivity contribution is 0.101. The van der Waals surface area contributed by atoms with Gasteiger partial charge in [-0.15, -0.1) is 0 Å². The molecule has 2 heterocycles. The van der Waals surface area contributed by atoms with E-state index in [1.54, 1.807) is 16.8 Å². The number of hydrogen-bond donors (Lipinski definition) is 1. The average molecular weight is 441 g/mol. The number of anilines is 1. The summed E-state index contributed by atoms with van der Waals surface area (Å²) in [7, 11) is 1.43. The first-order valence-corrected chi connectivity index (χ1v) is 11.1. The van der Waals surface area contributed by atoms with Gasteiger partial charge in [-0.2, -0.15) is 5.10 Å². The Bertz CT molecular complexity index is 1130. The summed E-state index contributed by atoms with van der Waals surface area (Å²) in [4.78, 5) is 13.1. The van der Waals surface area contributed by atoms with Gasteiger partial charge in [-0.05, 0) is 50.3 Å². The fourth-order valence-corrected chi connectivity index (χ4v) is 4.49. The number of aryl methyl sites for hydroxylation is 2. The minimum absolute atomic E-state index is 0.201. The molecule has 1 unspecified atom stereocenters. The third-order valence-electron chi connectivity index (χ3n) is 6.22. The molecule has 0 saturated carbocycles. The van der Waals surface area contributed by atoms with Crippen LogP contribution in [0.5, 0.6) is 5.75 Å². The van der Waals surface area contributed by atoms with Crippen LogP contribution in [0.25, 0.3) is 0 Å². The van der Waals surface area contributed by atoms with Crippen molar-refractivity contribution >= 4 is 11.6 Å². The second kappa shape index (κ2) is 9.14. The molecule has 3 aromatic rings. The molecule has 0 fully saturated rings. The fraction of sp³-hybridized carbons (Fsp3) is 0.458. The van der Waals surface area contributed by atoms with E-state index in [2.05, 4.69) is 22.5 Å². The van der Waals surface area contributed by atoms with Crippen LogP contribution in [0.2, 0.25) is 0 Å². The van der Waals surface area contributed by atoms with Gasteiger partial charge in [-0.25, -0.2) is 4.39 Å². The molecule has 0 aliphatic heterocycles. The Hall–Kier alpha value is -3.16. The van der Waals surface area contributed by atoms with Crippen LogP contribution in [0.3, 0.4) is 0 Å². The zero-order valence-electron chi connectivity index (χ0n) is 19.0. The predicted molar refractivity (Wildman–Crippen MR) is 119 cm³/mol. The summed E-state index contributed by atoms with van der Waals surface area (Å²) in [6, 6.07) is 4.82. The molecular weight excluding hydrogens is 411 g/mol. The van der Waals surface area contributed by atoms with E-state index in [9.17, 15) is 9.18 Å². The fourth-order valence-electron chi connectivity index (χ4n) is 4.49. The highest BCUT2D eigenvalue weighted by molar-refractivity contribution is 6.04. The predicted octanol–water partition coefficient (Wildman–Crippen LogP) is 4.84. The van der Waals surface area contributed by atoms with Crippen molar-refractivity contribution in [2.24, 2.45) is 5.92 Å². The number of methoxy groups -OCH3 is 1. The smallest absolute Gasteiger partial charge is 0.278 e. The van der Waals surface area contributed by atoms with Gasteiger partial charge in [0, 0.05) is 12.0 Å². The quantitative estimate of drug-likeness (QED) is 0.568. The molecule has 1 aliphatic rings. The number of hydrogen-bond acceptors (Lipinski definition) is 5. The minimum atomic E-state index is -0.419. The second-order valence-electron chi connectivity index (χ2n) is 8.46. The van der Waals surface area contributed by atoms with E-state index in [0.717, 1.165) is 54.7 Å². The topological polar surface area (TPSA) is 82.2 Å². The lowest BCUT2D eigenvalue weighted by Gasteiger charge is -2.20. The first-order valence-electron chi connectivity index (χ1n) is 11.1. The highest BCUT2D eigenvalue weighted by atomic mass is 19.1. The Kier molecular flexibility index (Phi) is 6.30. The number of nitrogens with zero attached hydrogens (tertiary/aromatic N) is 3. The van der Waals surface area contributed by atoms with Gasteiger partial charge in [-0.3, -0.25) is 9.48 Å². The summed E-state index contributed by atoms with van der Waals surface area (Å²) >= 11 is 0. The molecule has 170 valence electrons. The molecule has 1 aliphatic carbocycles. The van der Waals surface area contributed by atoms with E-state index in [1.807, 2.05) is 13.8 Å². The third-order valence-corrected chi connectivity index (χ3v) is 6.22. The Morgan fingerprint density at radius 3 is 2.91 bits per heavy atom. The van der Waals surface area contributed by atoms with Crippen LogP contribution in [0.1, 0.15) is 64.9 Å². The molecule has 1 amide bonds. The van der Waals surface area contributed by atoms with E-state index >= 15 is 0 Å². The number of amides is 1. The van der Waals surface area contributed by atoms with Gasteiger partial charge >= 0.3 is 0 Å². The molecule has 0 bridgehead atoms.